The van der Waals surface area contributed by atoms with E-state index in [1.54, 1.807) is 12.3 Å². The third-order valence-corrected chi connectivity index (χ3v) is 3.76. The highest BCUT2D eigenvalue weighted by molar-refractivity contribution is 6.41. The van der Waals surface area contributed by atoms with E-state index >= 15 is 0 Å². The second-order valence-corrected chi connectivity index (χ2v) is 5.32. The molecule has 1 aliphatic heterocycles. The first-order valence-corrected chi connectivity index (χ1v) is 6.70. The van der Waals surface area contributed by atoms with Gasteiger partial charge in [-0.25, -0.2) is 9.78 Å². The van der Waals surface area contributed by atoms with Crippen molar-refractivity contribution in [1.82, 2.24) is 9.88 Å². The second-order valence-electron chi connectivity index (χ2n) is 4.56. The van der Waals surface area contributed by atoms with Crippen LogP contribution in [0.25, 0.3) is 0 Å². The minimum absolute atomic E-state index is 0.240. The number of amidine groups is 1. The number of rotatable bonds is 3. The molecule has 5 nitrogen and oxygen atoms in total. The molecule has 7 heteroatoms. The summed E-state index contributed by atoms with van der Waals surface area (Å²) < 4.78 is 4.86. The van der Waals surface area contributed by atoms with Gasteiger partial charge in [-0.3, -0.25) is 0 Å². The lowest BCUT2D eigenvalue weighted by atomic mass is 10.2. The smallest absolute Gasteiger partial charge is 0.435 e. The molecule has 0 aromatic carbocycles. The zero-order valence-corrected chi connectivity index (χ0v) is 11.5. The summed E-state index contributed by atoms with van der Waals surface area (Å²) in [5.74, 6) is 0.679. The second kappa shape index (κ2) is 4.98. The summed E-state index contributed by atoms with van der Waals surface area (Å²) in [4.78, 5) is 21.1. The van der Waals surface area contributed by atoms with Gasteiger partial charge in [-0.05, 0) is 24.5 Å². The number of hydrogen-bond acceptors (Lipinski definition) is 4. The van der Waals surface area contributed by atoms with Crippen molar-refractivity contribution in [2.75, 3.05) is 6.61 Å². The first-order valence-electron chi connectivity index (χ1n) is 5.94. The van der Waals surface area contributed by atoms with Crippen molar-refractivity contribution < 1.29 is 9.53 Å². The molecule has 2 aliphatic rings. The Morgan fingerprint density at radius 3 is 2.79 bits per heavy atom. The summed E-state index contributed by atoms with van der Waals surface area (Å²) in [5.41, 5.74) is 0.934. The van der Waals surface area contributed by atoms with Crippen LogP contribution in [0, 0.1) is 0 Å². The molecule has 0 atom stereocenters. The summed E-state index contributed by atoms with van der Waals surface area (Å²) >= 11 is 11.7. The van der Waals surface area contributed by atoms with Gasteiger partial charge < -0.3 is 9.64 Å². The molecule has 1 aromatic rings. The fourth-order valence-corrected chi connectivity index (χ4v) is 2.30. The number of nitrogens with zero attached hydrogens (tertiary/aromatic N) is 3. The van der Waals surface area contributed by atoms with Crippen LogP contribution in [-0.4, -0.2) is 34.5 Å². The Labute approximate surface area is 120 Å². The van der Waals surface area contributed by atoms with Gasteiger partial charge in [0.1, 0.15) is 5.15 Å². The Morgan fingerprint density at radius 2 is 2.21 bits per heavy atom. The van der Waals surface area contributed by atoms with E-state index < -0.39 is 6.09 Å². The van der Waals surface area contributed by atoms with Crippen molar-refractivity contribution in [2.45, 2.75) is 25.4 Å². The Bertz CT molecular complexity index is 558. The van der Waals surface area contributed by atoms with Gasteiger partial charge in [-0.2, -0.15) is 4.99 Å². The van der Waals surface area contributed by atoms with E-state index in [0.29, 0.717) is 28.6 Å². The number of ether oxygens (including phenoxy) is 1. The molecule has 0 bridgehead atoms. The predicted octanol–water partition coefficient (Wildman–Crippen LogP) is 2.90. The van der Waals surface area contributed by atoms with E-state index in [4.69, 9.17) is 27.9 Å². The van der Waals surface area contributed by atoms with Gasteiger partial charge in [0.05, 0.1) is 5.02 Å². The molecule has 2 heterocycles. The van der Waals surface area contributed by atoms with Crippen molar-refractivity contribution in [1.29, 1.82) is 0 Å². The van der Waals surface area contributed by atoms with Gasteiger partial charge in [-0.15, -0.1) is 0 Å². The molecule has 19 heavy (non-hydrogen) atoms. The van der Waals surface area contributed by atoms with Crippen LogP contribution in [0.15, 0.2) is 17.3 Å². The minimum atomic E-state index is -0.520. The van der Waals surface area contributed by atoms with Crippen LogP contribution in [0.2, 0.25) is 10.2 Å². The van der Waals surface area contributed by atoms with Gasteiger partial charge in [-0.1, -0.05) is 23.2 Å². The number of aliphatic imine (C=N–C) groups is 1. The summed E-state index contributed by atoms with van der Waals surface area (Å²) in [6, 6.07) is 2.20. The molecule has 1 amide bonds. The van der Waals surface area contributed by atoms with Crippen LogP contribution < -0.4 is 0 Å². The maximum absolute atomic E-state index is 11.1. The fourth-order valence-electron chi connectivity index (χ4n) is 2.00. The third kappa shape index (κ3) is 2.82. The zero-order valence-electron chi connectivity index (χ0n) is 9.97. The number of amides is 1. The molecular formula is C12H11Cl2N3O2. The first-order chi connectivity index (χ1) is 9.13. The molecule has 3 rings (SSSR count). The molecule has 1 saturated carbocycles. The molecule has 0 saturated heterocycles. The van der Waals surface area contributed by atoms with Crippen molar-refractivity contribution in [3.8, 4) is 0 Å². The molecular weight excluding hydrogens is 289 g/mol. The summed E-state index contributed by atoms with van der Waals surface area (Å²) in [6.45, 7) is 0.841. The minimum Gasteiger partial charge on any atom is -0.440 e. The largest absolute Gasteiger partial charge is 0.440 e. The Morgan fingerprint density at radius 1 is 1.42 bits per heavy atom. The van der Waals surface area contributed by atoms with Gasteiger partial charge in [0.25, 0.3) is 0 Å². The molecule has 0 N–H and O–H groups in total. The van der Waals surface area contributed by atoms with Crippen LogP contribution in [0.4, 0.5) is 4.79 Å². The van der Waals surface area contributed by atoms with Crippen LogP contribution in [0.5, 0.6) is 0 Å². The normalized spacial score (nSPS) is 18.2. The molecule has 0 unspecified atom stereocenters. The highest BCUT2D eigenvalue weighted by Gasteiger charge is 2.34. The monoisotopic (exact) mass is 299 g/mol. The number of hydrogen-bond donors (Lipinski definition) is 0. The van der Waals surface area contributed by atoms with Crippen LogP contribution in [0.1, 0.15) is 18.4 Å². The van der Waals surface area contributed by atoms with Gasteiger partial charge >= 0.3 is 6.09 Å². The lowest BCUT2D eigenvalue weighted by molar-refractivity contribution is 0.179. The van der Waals surface area contributed by atoms with Crippen molar-refractivity contribution >= 4 is 35.1 Å². The number of pyridine rings is 1. The fraction of sp³-hybridized carbons (Fsp3) is 0.417. The predicted molar refractivity (Wildman–Crippen MR) is 71.6 cm³/mol. The summed E-state index contributed by atoms with van der Waals surface area (Å²) in [7, 11) is 0. The van der Waals surface area contributed by atoms with Crippen molar-refractivity contribution in [2.24, 2.45) is 4.99 Å². The highest BCUT2D eigenvalue weighted by atomic mass is 35.5. The van der Waals surface area contributed by atoms with Gasteiger partial charge in [0.15, 0.2) is 12.4 Å². The molecule has 1 aromatic heterocycles. The number of cyclic esters (lactones) is 1. The number of halogens is 2. The van der Waals surface area contributed by atoms with Gasteiger partial charge in [0, 0.05) is 18.8 Å². The van der Waals surface area contributed by atoms with E-state index in [2.05, 4.69) is 14.9 Å². The van der Waals surface area contributed by atoms with Crippen LogP contribution >= 0.6 is 23.2 Å². The molecule has 100 valence electrons. The summed E-state index contributed by atoms with van der Waals surface area (Å²) in [6.07, 6.45) is 3.36. The lowest BCUT2D eigenvalue weighted by Gasteiger charge is -2.23. The maximum Gasteiger partial charge on any atom is 0.435 e. The quantitative estimate of drug-likeness (QED) is 0.805. The van der Waals surface area contributed by atoms with E-state index in [9.17, 15) is 4.79 Å². The topological polar surface area (TPSA) is 54.8 Å². The van der Waals surface area contributed by atoms with E-state index in [1.165, 1.54) is 0 Å². The first kappa shape index (κ1) is 12.7. The number of carbonyl (C=O) groups excluding carboxylic acids is 1. The average molecular weight is 300 g/mol. The van der Waals surface area contributed by atoms with Crippen molar-refractivity contribution in [3.05, 3.63) is 28.0 Å². The maximum atomic E-state index is 11.1. The number of aromatic nitrogens is 1. The van der Waals surface area contributed by atoms with Gasteiger partial charge in [0.2, 0.25) is 0 Å². The molecule has 0 spiro atoms. The van der Waals surface area contributed by atoms with Crippen LogP contribution in [0.3, 0.4) is 0 Å². The molecule has 1 aliphatic carbocycles. The van der Waals surface area contributed by atoms with Crippen molar-refractivity contribution in [3.63, 3.8) is 0 Å². The van der Waals surface area contributed by atoms with E-state index in [1.807, 2.05) is 0 Å². The Balaban J connectivity index is 1.80. The standard InChI is InChI=1S/C12H11Cl2N3O2/c13-9-3-7(4-15-11(9)14)5-17(8-1-2-8)10-6-19-12(18)16-10/h3-4,8H,1-2,5-6H2. The molecule has 1 fully saturated rings. The zero-order chi connectivity index (χ0) is 13.4. The lowest BCUT2D eigenvalue weighted by Crippen LogP contribution is -2.33. The van der Waals surface area contributed by atoms with E-state index in [0.717, 1.165) is 18.4 Å². The highest BCUT2D eigenvalue weighted by Crippen LogP contribution is 2.30. The Kier molecular flexibility index (Phi) is 3.33. The third-order valence-electron chi connectivity index (χ3n) is 3.07. The number of carbonyl (C=O) groups is 1. The SMILES string of the molecule is O=C1N=C(N(Cc2cnc(Cl)c(Cl)c2)C2CC2)CO1. The Hall–Kier alpha value is -1.33. The summed E-state index contributed by atoms with van der Waals surface area (Å²) in [5, 5.41) is 0.718. The molecule has 0 radical (unpaired) electrons. The van der Waals surface area contributed by atoms with E-state index in [-0.39, 0.29) is 6.61 Å². The average Bonchev–Trinajstić information content (AvgIpc) is 3.13. The van der Waals surface area contributed by atoms with Crippen LogP contribution in [-0.2, 0) is 11.3 Å².